The third kappa shape index (κ3) is 4.72. The number of hydrogen-bond donors (Lipinski definition) is 0. The highest BCUT2D eigenvalue weighted by atomic mass is 79.9. The van der Waals surface area contributed by atoms with E-state index in [4.69, 9.17) is 0 Å². The zero-order chi connectivity index (χ0) is 12.8. The van der Waals surface area contributed by atoms with Gasteiger partial charge < -0.3 is 4.90 Å². The summed E-state index contributed by atoms with van der Waals surface area (Å²) >= 11 is 5.17. The molecule has 2 nitrogen and oxygen atoms in total. The fraction of sp³-hybridized carbons (Fsp3) is 0.462. The van der Waals surface area contributed by atoms with Crippen LogP contribution in [0.2, 0.25) is 0 Å². The molecule has 1 rings (SSSR count). The van der Waals surface area contributed by atoms with E-state index >= 15 is 0 Å². The van der Waals surface area contributed by atoms with Crippen LogP contribution in [0.1, 0.15) is 23.7 Å². The van der Waals surface area contributed by atoms with E-state index in [1.807, 2.05) is 37.6 Å². The van der Waals surface area contributed by atoms with E-state index in [-0.39, 0.29) is 5.91 Å². The Bertz CT molecular complexity index is 364. The number of nitrogens with zero attached hydrogens (tertiary/aromatic N) is 1. The van der Waals surface area contributed by atoms with Gasteiger partial charge in [-0.2, -0.15) is 0 Å². The zero-order valence-electron chi connectivity index (χ0n) is 10.4. The lowest BCUT2D eigenvalue weighted by atomic mass is 10.2. The van der Waals surface area contributed by atoms with E-state index in [0.29, 0.717) is 4.83 Å². The number of carbonyl (C=O) groups is 1. The van der Waals surface area contributed by atoms with Gasteiger partial charge in [0.15, 0.2) is 0 Å². The van der Waals surface area contributed by atoms with Crippen molar-refractivity contribution in [2.45, 2.75) is 23.1 Å². The van der Waals surface area contributed by atoms with Crippen LogP contribution in [0, 0.1) is 0 Å². The smallest absolute Gasteiger partial charge is 0.253 e. The van der Waals surface area contributed by atoms with Gasteiger partial charge in [-0.1, -0.05) is 22.9 Å². The first kappa shape index (κ1) is 14.6. The standard InChI is InChI=1S/C13H18BrNOS/c1-10(14)8-9-15(2)13(16)11-4-6-12(17-3)7-5-11/h4-7,10H,8-9H2,1-3H3. The summed E-state index contributed by atoms with van der Waals surface area (Å²) in [5, 5.41) is 0. The van der Waals surface area contributed by atoms with Crippen molar-refractivity contribution in [3.8, 4) is 0 Å². The summed E-state index contributed by atoms with van der Waals surface area (Å²) in [5.74, 6) is 0.0887. The van der Waals surface area contributed by atoms with Crippen molar-refractivity contribution >= 4 is 33.6 Å². The van der Waals surface area contributed by atoms with Crippen LogP contribution in [-0.4, -0.2) is 35.5 Å². The molecular weight excluding hydrogens is 298 g/mol. The first-order valence-corrected chi connectivity index (χ1v) is 7.72. The van der Waals surface area contributed by atoms with Crippen molar-refractivity contribution in [3.05, 3.63) is 29.8 Å². The van der Waals surface area contributed by atoms with Gasteiger partial charge in [-0.3, -0.25) is 4.79 Å². The van der Waals surface area contributed by atoms with Crippen molar-refractivity contribution in [1.29, 1.82) is 0 Å². The third-order valence-corrected chi connectivity index (χ3v) is 3.75. The zero-order valence-corrected chi connectivity index (χ0v) is 12.8. The van der Waals surface area contributed by atoms with Crippen LogP contribution >= 0.6 is 27.7 Å². The van der Waals surface area contributed by atoms with Crippen LogP contribution in [0.3, 0.4) is 0 Å². The largest absolute Gasteiger partial charge is 0.342 e. The predicted molar refractivity (Wildman–Crippen MR) is 78.2 cm³/mol. The quantitative estimate of drug-likeness (QED) is 0.610. The number of thioether (sulfide) groups is 1. The molecule has 0 heterocycles. The summed E-state index contributed by atoms with van der Waals surface area (Å²) in [6, 6.07) is 7.75. The van der Waals surface area contributed by atoms with E-state index < -0.39 is 0 Å². The number of benzene rings is 1. The number of carbonyl (C=O) groups excluding carboxylic acids is 1. The third-order valence-electron chi connectivity index (χ3n) is 2.55. The van der Waals surface area contributed by atoms with Crippen LogP contribution in [0.25, 0.3) is 0 Å². The minimum atomic E-state index is 0.0887. The second-order valence-electron chi connectivity index (χ2n) is 4.02. The van der Waals surface area contributed by atoms with Gasteiger partial charge in [0.2, 0.25) is 0 Å². The fourth-order valence-corrected chi connectivity index (χ4v) is 2.04. The first-order chi connectivity index (χ1) is 8.04. The van der Waals surface area contributed by atoms with Gasteiger partial charge in [-0.25, -0.2) is 0 Å². The summed E-state index contributed by atoms with van der Waals surface area (Å²) in [5.41, 5.74) is 0.757. The molecule has 94 valence electrons. The first-order valence-electron chi connectivity index (χ1n) is 5.58. The molecule has 0 bridgehead atoms. The summed E-state index contributed by atoms with van der Waals surface area (Å²) in [4.78, 5) is 15.5. The maximum Gasteiger partial charge on any atom is 0.253 e. The lowest BCUT2D eigenvalue weighted by Gasteiger charge is -2.18. The lowest BCUT2D eigenvalue weighted by molar-refractivity contribution is 0.0794. The van der Waals surface area contributed by atoms with E-state index in [0.717, 1.165) is 18.5 Å². The summed E-state index contributed by atoms with van der Waals surface area (Å²) < 4.78 is 0. The average molecular weight is 316 g/mol. The van der Waals surface area contributed by atoms with Gasteiger partial charge in [0.1, 0.15) is 0 Å². The van der Waals surface area contributed by atoms with Gasteiger partial charge >= 0.3 is 0 Å². The molecule has 0 radical (unpaired) electrons. The van der Waals surface area contributed by atoms with E-state index in [1.54, 1.807) is 16.7 Å². The van der Waals surface area contributed by atoms with Gasteiger partial charge in [0.25, 0.3) is 5.91 Å². The van der Waals surface area contributed by atoms with Crippen LogP contribution in [0.4, 0.5) is 0 Å². The topological polar surface area (TPSA) is 20.3 Å². The highest BCUT2D eigenvalue weighted by Gasteiger charge is 2.11. The second kappa shape index (κ2) is 7.07. The Morgan fingerprint density at radius 1 is 1.41 bits per heavy atom. The van der Waals surface area contributed by atoms with Crippen molar-refractivity contribution in [3.63, 3.8) is 0 Å². The maximum absolute atomic E-state index is 12.1. The predicted octanol–water partition coefficient (Wildman–Crippen LogP) is 3.65. The highest BCUT2D eigenvalue weighted by molar-refractivity contribution is 9.09. The normalized spacial score (nSPS) is 12.2. The molecule has 0 fully saturated rings. The van der Waals surface area contributed by atoms with Gasteiger partial charge in [-0.05, 0) is 36.9 Å². The SMILES string of the molecule is CSc1ccc(C(=O)N(C)CCC(C)Br)cc1. The van der Waals surface area contributed by atoms with E-state index in [2.05, 4.69) is 22.9 Å². The van der Waals surface area contributed by atoms with Crippen molar-refractivity contribution in [2.24, 2.45) is 0 Å². The molecule has 1 unspecified atom stereocenters. The number of halogens is 1. The van der Waals surface area contributed by atoms with Gasteiger partial charge in [0.05, 0.1) is 0 Å². The average Bonchev–Trinajstić information content (AvgIpc) is 2.35. The molecule has 1 aromatic carbocycles. The summed E-state index contributed by atoms with van der Waals surface area (Å²) in [6.07, 6.45) is 2.99. The molecule has 0 saturated heterocycles. The highest BCUT2D eigenvalue weighted by Crippen LogP contribution is 2.16. The number of alkyl halides is 1. The van der Waals surface area contributed by atoms with E-state index in [9.17, 15) is 4.79 Å². The van der Waals surface area contributed by atoms with E-state index in [1.165, 1.54) is 4.90 Å². The molecule has 0 aliphatic rings. The molecular formula is C13H18BrNOS. The molecule has 0 aliphatic carbocycles. The second-order valence-corrected chi connectivity index (χ2v) is 6.47. The van der Waals surface area contributed by atoms with Crippen molar-refractivity contribution in [1.82, 2.24) is 4.90 Å². The Hall–Kier alpha value is -0.480. The summed E-state index contributed by atoms with van der Waals surface area (Å²) in [6.45, 7) is 2.86. The molecule has 1 amide bonds. The number of rotatable bonds is 5. The molecule has 0 spiro atoms. The Kier molecular flexibility index (Phi) is 6.06. The van der Waals surface area contributed by atoms with Crippen LogP contribution in [-0.2, 0) is 0 Å². The molecule has 0 aromatic heterocycles. The Balaban J connectivity index is 2.61. The molecule has 4 heteroatoms. The van der Waals surface area contributed by atoms with Crippen LogP contribution in [0.15, 0.2) is 29.2 Å². The lowest BCUT2D eigenvalue weighted by Crippen LogP contribution is -2.28. The Labute approximate surface area is 116 Å². The maximum atomic E-state index is 12.1. The van der Waals surface area contributed by atoms with Crippen LogP contribution in [0.5, 0.6) is 0 Å². The van der Waals surface area contributed by atoms with Crippen LogP contribution < -0.4 is 0 Å². The summed E-state index contributed by atoms with van der Waals surface area (Å²) in [7, 11) is 1.85. The molecule has 0 N–H and O–H groups in total. The molecule has 1 atom stereocenters. The molecule has 17 heavy (non-hydrogen) atoms. The monoisotopic (exact) mass is 315 g/mol. The minimum Gasteiger partial charge on any atom is -0.342 e. The number of hydrogen-bond acceptors (Lipinski definition) is 2. The fourth-order valence-electron chi connectivity index (χ4n) is 1.43. The van der Waals surface area contributed by atoms with Gasteiger partial charge in [-0.15, -0.1) is 11.8 Å². The molecule has 1 aromatic rings. The molecule has 0 aliphatic heterocycles. The Morgan fingerprint density at radius 3 is 2.47 bits per heavy atom. The molecule has 0 saturated carbocycles. The van der Waals surface area contributed by atoms with Gasteiger partial charge in [0, 0.05) is 28.9 Å². The number of amides is 1. The van der Waals surface area contributed by atoms with Crippen molar-refractivity contribution in [2.75, 3.05) is 19.8 Å². The van der Waals surface area contributed by atoms with Crippen molar-refractivity contribution < 1.29 is 4.79 Å². The Morgan fingerprint density at radius 2 is 2.00 bits per heavy atom. The minimum absolute atomic E-state index is 0.0887.